The van der Waals surface area contributed by atoms with Crippen molar-refractivity contribution < 1.29 is 5.11 Å². The molecule has 3 rings (SSSR count). The first-order valence-electron chi connectivity index (χ1n) is 6.95. The van der Waals surface area contributed by atoms with E-state index in [4.69, 9.17) is 0 Å². The highest BCUT2D eigenvalue weighted by atomic mass is 16.3. The summed E-state index contributed by atoms with van der Waals surface area (Å²) in [6.07, 6.45) is 10.0. The van der Waals surface area contributed by atoms with Crippen molar-refractivity contribution in [1.29, 1.82) is 0 Å². The Kier molecular flexibility index (Phi) is 2.54. The predicted octanol–water partition coefficient (Wildman–Crippen LogP) is 3.22. The molecule has 0 amide bonds. The molecule has 15 heavy (non-hydrogen) atoms. The van der Waals surface area contributed by atoms with Gasteiger partial charge >= 0.3 is 0 Å². The monoisotopic (exact) mass is 208 g/mol. The van der Waals surface area contributed by atoms with Crippen molar-refractivity contribution in [1.82, 2.24) is 0 Å². The molecule has 0 aromatic rings. The molecule has 1 N–H and O–H groups in total. The summed E-state index contributed by atoms with van der Waals surface area (Å²) in [6, 6.07) is 0. The normalized spacial score (nSPS) is 51.2. The Bertz CT molecular complexity index is 233. The first-order valence-corrected chi connectivity index (χ1v) is 6.95. The molecule has 1 heteroatoms. The lowest BCUT2D eigenvalue weighted by Crippen LogP contribution is -2.34. The molecule has 0 heterocycles. The third-order valence-electron chi connectivity index (χ3n) is 5.59. The molecule has 6 atom stereocenters. The third kappa shape index (κ3) is 1.54. The molecule has 6 unspecified atom stereocenters. The average molecular weight is 208 g/mol. The second-order valence-corrected chi connectivity index (χ2v) is 6.26. The summed E-state index contributed by atoms with van der Waals surface area (Å²) >= 11 is 0. The molecule has 0 aliphatic heterocycles. The number of aliphatic hydroxyl groups is 1. The second-order valence-electron chi connectivity index (χ2n) is 6.26. The van der Waals surface area contributed by atoms with Crippen LogP contribution in [0.15, 0.2) is 0 Å². The summed E-state index contributed by atoms with van der Waals surface area (Å²) in [4.78, 5) is 0. The maximum atomic E-state index is 9.91. The highest BCUT2D eigenvalue weighted by Gasteiger charge is 2.50. The van der Waals surface area contributed by atoms with Gasteiger partial charge in [-0.3, -0.25) is 0 Å². The largest absolute Gasteiger partial charge is 0.393 e. The van der Waals surface area contributed by atoms with Gasteiger partial charge in [0.25, 0.3) is 0 Å². The molecule has 3 aliphatic rings. The van der Waals surface area contributed by atoms with E-state index >= 15 is 0 Å². The lowest BCUT2D eigenvalue weighted by atomic mass is 9.64. The SMILES string of the molecule is CC(O)C1CC2CCCC3CCCC1C32. The Morgan fingerprint density at radius 2 is 1.67 bits per heavy atom. The lowest BCUT2D eigenvalue weighted by molar-refractivity contribution is 0.0493. The van der Waals surface area contributed by atoms with Crippen LogP contribution in [0.2, 0.25) is 0 Å². The van der Waals surface area contributed by atoms with Crippen LogP contribution in [0, 0.1) is 29.6 Å². The van der Waals surface area contributed by atoms with Crippen LogP contribution in [0.4, 0.5) is 0 Å². The van der Waals surface area contributed by atoms with Crippen molar-refractivity contribution >= 4 is 0 Å². The fraction of sp³-hybridized carbons (Fsp3) is 1.00. The molecule has 0 aromatic carbocycles. The molecule has 86 valence electrons. The van der Waals surface area contributed by atoms with Crippen LogP contribution in [0.3, 0.4) is 0 Å². The minimum absolute atomic E-state index is 0.0562. The van der Waals surface area contributed by atoms with Gasteiger partial charge in [-0.1, -0.05) is 32.1 Å². The van der Waals surface area contributed by atoms with E-state index in [0.717, 1.165) is 23.7 Å². The molecule has 3 fully saturated rings. The highest BCUT2D eigenvalue weighted by molar-refractivity contribution is 4.99. The molecule has 0 saturated heterocycles. The van der Waals surface area contributed by atoms with Gasteiger partial charge in [-0.2, -0.15) is 0 Å². The summed E-state index contributed by atoms with van der Waals surface area (Å²) in [6.45, 7) is 2.02. The standard InChI is InChI=1S/C14H24O/c1-9(15)13-8-11-6-2-4-10-5-3-7-12(13)14(10)11/h9-15H,2-8H2,1H3. The first kappa shape index (κ1) is 10.1. The number of hydrogen-bond donors (Lipinski definition) is 1. The van der Waals surface area contributed by atoms with Crippen molar-refractivity contribution in [2.75, 3.05) is 0 Å². The quantitative estimate of drug-likeness (QED) is 0.701. The van der Waals surface area contributed by atoms with Crippen molar-refractivity contribution in [2.24, 2.45) is 29.6 Å². The molecular formula is C14H24O. The first-order chi connectivity index (χ1) is 7.27. The summed E-state index contributed by atoms with van der Waals surface area (Å²) < 4.78 is 0. The molecule has 0 radical (unpaired) electrons. The van der Waals surface area contributed by atoms with Crippen LogP contribution < -0.4 is 0 Å². The van der Waals surface area contributed by atoms with E-state index < -0.39 is 0 Å². The third-order valence-corrected chi connectivity index (χ3v) is 5.59. The topological polar surface area (TPSA) is 20.2 Å². The number of hydrogen-bond acceptors (Lipinski definition) is 1. The fourth-order valence-electron chi connectivity index (χ4n) is 5.11. The van der Waals surface area contributed by atoms with Crippen LogP contribution in [0.25, 0.3) is 0 Å². The minimum atomic E-state index is -0.0562. The summed E-state index contributed by atoms with van der Waals surface area (Å²) in [5.41, 5.74) is 0. The van der Waals surface area contributed by atoms with E-state index in [9.17, 15) is 5.11 Å². The van der Waals surface area contributed by atoms with Gasteiger partial charge in [0, 0.05) is 0 Å². The van der Waals surface area contributed by atoms with Crippen molar-refractivity contribution in [3.8, 4) is 0 Å². The number of aliphatic hydroxyl groups excluding tert-OH is 1. The molecule has 0 aromatic heterocycles. The van der Waals surface area contributed by atoms with E-state index in [1.54, 1.807) is 0 Å². The van der Waals surface area contributed by atoms with Crippen LogP contribution in [0.5, 0.6) is 0 Å². The second kappa shape index (κ2) is 3.76. The highest BCUT2D eigenvalue weighted by Crippen LogP contribution is 2.57. The van der Waals surface area contributed by atoms with Gasteiger partial charge < -0.3 is 5.11 Å². The summed E-state index contributed by atoms with van der Waals surface area (Å²) in [5, 5.41) is 9.91. The lowest BCUT2D eigenvalue weighted by Gasteiger charge is -2.42. The van der Waals surface area contributed by atoms with Gasteiger partial charge in [0.05, 0.1) is 6.10 Å². The van der Waals surface area contributed by atoms with E-state index in [0.29, 0.717) is 5.92 Å². The van der Waals surface area contributed by atoms with Crippen LogP contribution in [-0.2, 0) is 0 Å². The maximum Gasteiger partial charge on any atom is 0.0543 e. The molecule has 3 saturated carbocycles. The van der Waals surface area contributed by atoms with Crippen molar-refractivity contribution in [2.45, 2.75) is 58.0 Å². The molecular weight excluding hydrogens is 184 g/mol. The van der Waals surface area contributed by atoms with Gasteiger partial charge in [-0.05, 0) is 49.4 Å². The van der Waals surface area contributed by atoms with Crippen molar-refractivity contribution in [3.63, 3.8) is 0 Å². The smallest absolute Gasteiger partial charge is 0.0543 e. The van der Waals surface area contributed by atoms with Gasteiger partial charge in [-0.25, -0.2) is 0 Å². The molecule has 0 bridgehead atoms. The Labute approximate surface area is 93.3 Å². The Morgan fingerprint density at radius 3 is 2.40 bits per heavy atom. The summed E-state index contributed by atoms with van der Waals surface area (Å²) in [7, 11) is 0. The zero-order valence-corrected chi connectivity index (χ0v) is 9.86. The van der Waals surface area contributed by atoms with Gasteiger partial charge in [0.1, 0.15) is 0 Å². The maximum absolute atomic E-state index is 9.91. The molecule has 3 aliphatic carbocycles. The van der Waals surface area contributed by atoms with E-state index in [1.807, 2.05) is 6.92 Å². The van der Waals surface area contributed by atoms with Crippen LogP contribution in [0.1, 0.15) is 51.9 Å². The zero-order valence-electron chi connectivity index (χ0n) is 9.86. The van der Waals surface area contributed by atoms with Crippen LogP contribution >= 0.6 is 0 Å². The predicted molar refractivity (Wildman–Crippen MR) is 61.4 cm³/mol. The fourth-order valence-corrected chi connectivity index (χ4v) is 5.11. The molecule has 0 spiro atoms. The zero-order chi connectivity index (χ0) is 10.4. The van der Waals surface area contributed by atoms with Gasteiger partial charge in [0.2, 0.25) is 0 Å². The Balaban J connectivity index is 1.84. The van der Waals surface area contributed by atoms with E-state index in [1.165, 1.54) is 44.9 Å². The minimum Gasteiger partial charge on any atom is -0.393 e. The van der Waals surface area contributed by atoms with E-state index in [2.05, 4.69) is 0 Å². The van der Waals surface area contributed by atoms with E-state index in [-0.39, 0.29) is 6.10 Å². The van der Waals surface area contributed by atoms with Crippen molar-refractivity contribution in [3.05, 3.63) is 0 Å². The number of rotatable bonds is 1. The molecule has 1 nitrogen and oxygen atoms in total. The van der Waals surface area contributed by atoms with Crippen LogP contribution in [-0.4, -0.2) is 11.2 Å². The Morgan fingerprint density at radius 1 is 1.00 bits per heavy atom. The Hall–Kier alpha value is -0.0400. The van der Waals surface area contributed by atoms with Gasteiger partial charge in [0.15, 0.2) is 0 Å². The summed E-state index contributed by atoms with van der Waals surface area (Å²) in [5.74, 6) is 4.54. The average Bonchev–Trinajstić information content (AvgIpc) is 2.61. The van der Waals surface area contributed by atoms with Gasteiger partial charge in [-0.15, -0.1) is 0 Å².